The molecule has 110 valence electrons. The molecule has 0 bridgehead atoms. The Morgan fingerprint density at radius 1 is 1.20 bits per heavy atom. The van der Waals surface area contributed by atoms with Gasteiger partial charge in [-0.25, -0.2) is 8.78 Å². The molecule has 0 heterocycles. The molecule has 2 fully saturated rings. The van der Waals surface area contributed by atoms with Gasteiger partial charge in [0, 0.05) is 25.7 Å². The van der Waals surface area contributed by atoms with E-state index in [1.807, 2.05) is 6.92 Å². The van der Waals surface area contributed by atoms with Gasteiger partial charge in [-0.1, -0.05) is 0 Å². The van der Waals surface area contributed by atoms with Crippen LogP contribution in [0, 0.1) is 17.6 Å². The highest BCUT2D eigenvalue weighted by atomic mass is 19.1. The Balaban J connectivity index is 1.75. The van der Waals surface area contributed by atoms with Crippen LogP contribution in [0.25, 0.3) is 0 Å². The lowest BCUT2D eigenvalue weighted by Gasteiger charge is -2.28. The predicted molar refractivity (Wildman–Crippen MR) is 76.8 cm³/mol. The third-order valence-electron chi connectivity index (χ3n) is 4.52. The minimum Gasteiger partial charge on any atom is -0.367 e. The van der Waals surface area contributed by atoms with Crippen molar-refractivity contribution in [1.82, 2.24) is 5.32 Å². The van der Waals surface area contributed by atoms with Gasteiger partial charge in [0.05, 0.1) is 0 Å². The van der Waals surface area contributed by atoms with Crippen molar-refractivity contribution in [2.24, 2.45) is 5.92 Å². The van der Waals surface area contributed by atoms with Gasteiger partial charge in [-0.2, -0.15) is 0 Å². The monoisotopic (exact) mass is 280 g/mol. The highest BCUT2D eigenvalue weighted by Gasteiger charge is 2.32. The number of rotatable bonds is 6. The largest absolute Gasteiger partial charge is 0.367 e. The summed E-state index contributed by atoms with van der Waals surface area (Å²) in [5.41, 5.74) is 0.794. The van der Waals surface area contributed by atoms with E-state index in [-0.39, 0.29) is 11.7 Å². The molecule has 2 saturated carbocycles. The van der Waals surface area contributed by atoms with Crippen LogP contribution in [0.3, 0.4) is 0 Å². The van der Waals surface area contributed by atoms with Gasteiger partial charge >= 0.3 is 0 Å². The number of hydrogen-bond donors (Lipinski definition) is 1. The molecular formula is C16H22F2N2. The van der Waals surface area contributed by atoms with E-state index in [0.29, 0.717) is 24.1 Å². The molecule has 20 heavy (non-hydrogen) atoms. The first-order valence-electron chi connectivity index (χ1n) is 7.50. The Labute approximate surface area is 119 Å². The molecule has 0 aliphatic heterocycles. The highest BCUT2D eigenvalue weighted by Crippen LogP contribution is 2.37. The van der Waals surface area contributed by atoms with Crippen LogP contribution in [0.1, 0.15) is 38.2 Å². The minimum absolute atomic E-state index is 0.111. The summed E-state index contributed by atoms with van der Waals surface area (Å²) in [6, 6.07) is 3.65. The van der Waals surface area contributed by atoms with Crippen molar-refractivity contribution < 1.29 is 8.78 Å². The third-order valence-corrected chi connectivity index (χ3v) is 4.52. The second-order valence-corrected chi connectivity index (χ2v) is 6.25. The first-order chi connectivity index (χ1) is 9.56. The van der Waals surface area contributed by atoms with E-state index in [0.717, 1.165) is 12.8 Å². The SMILES string of the molecule is CC(C1CC1)N(C)c1c(F)cc(CNC2CC2)cc1F. The first kappa shape index (κ1) is 13.8. The zero-order valence-corrected chi connectivity index (χ0v) is 12.1. The molecule has 0 aromatic heterocycles. The van der Waals surface area contributed by atoms with E-state index in [9.17, 15) is 8.78 Å². The average Bonchev–Trinajstić information content (AvgIpc) is 3.28. The van der Waals surface area contributed by atoms with E-state index in [1.165, 1.54) is 25.0 Å². The van der Waals surface area contributed by atoms with Gasteiger partial charge in [0.2, 0.25) is 0 Å². The molecular weight excluding hydrogens is 258 g/mol. The smallest absolute Gasteiger partial charge is 0.149 e. The fraction of sp³-hybridized carbons (Fsp3) is 0.625. The van der Waals surface area contributed by atoms with Crippen LogP contribution in [-0.2, 0) is 6.54 Å². The number of hydrogen-bond acceptors (Lipinski definition) is 2. The van der Waals surface area contributed by atoms with Gasteiger partial charge in [-0.05, 0) is 56.2 Å². The summed E-state index contributed by atoms with van der Waals surface area (Å²) in [6.07, 6.45) is 4.67. The van der Waals surface area contributed by atoms with Crippen molar-refractivity contribution >= 4 is 5.69 Å². The van der Waals surface area contributed by atoms with E-state index in [2.05, 4.69) is 5.32 Å². The molecule has 1 atom stereocenters. The molecule has 0 saturated heterocycles. The van der Waals surface area contributed by atoms with E-state index in [4.69, 9.17) is 0 Å². The average molecular weight is 280 g/mol. The van der Waals surface area contributed by atoms with Crippen LogP contribution in [0.4, 0.5) is 14.5 Å². The molecule has 1 aromatic carbocycles. The Bertz CT molecular complexity index is 472. The lowest BCUT2D eigenvalue weighted by Crippen LogP contribution is -2.32. The molecule has 0 spiro atoms. The van der Waals surface area contributed by atoms with Crippen molar-refractivity contribution in [3.8, 4) is 0 Å². The van der Waals surface area contributed by atoms with Crippen molar-refractivity contribution in [3.05, 3.63) is 29.3 Å². The topological polar surface area (TPSA) is 15.3 Å². The maximum absolute atomic E-state index is 14.2. The molecule has 1 aromatic rings. The molecule has 3 rings (SSSR count). The van der Waals surface area contributed by atoms with E-state index < -0.39 is 11.6 Å². The summed E-state index contributed by atoms with van der Waals surface area (Å²) in [6.45, 7) is 2.58. The van der Waals surface area contributed by atoms with Crippen LogP contribution >= 0.6 is 0 Å². The van der Waals surface area contributed by atoms with Crippen LogP contribution < -0.4 is 10.2 Å². The Morgan fingerprint density at radius 2 is 1.80 bits per heavy atom. The van der Waals surface area contributed by atoms with Crippen LogP contribution in [0.15, 0.2) is 12.1 Å². The predicted octanol–water partition coefficient (Wildman–Crippen LogP) is 3.45. The molecule has 2 aliphatic rings. The van der Waals surface area contributed by atoms with Crippen molar-refractivity contribution in [1.29, 1.82) is 0 Å². The molecule has 2 nitrogen and oxygen atoms in total. The van der Waals surface area contributed by atoms with Gasteiger partial charge in [0.15, 0.2) is 0 Å². The fourth-order valence-corrected chi connectivity index (χ4v) is 2.71. The Kier molecular flexibility index (Phi) is 3.67. The lowest BCUT2D eigenvalue weighted by molar-refractivity contribution is 0.539. The van der Waals surface area contributed by atoms with Crippen LogP contribution in [0.5, 0.6) is 0 Å². The highest BCUT2D eigenvalue weighted by molar-refractivity contribution is 5.51. The fourth-order valence-electron chi connectivity index (χ4n) is 2.71. The second kappa shape index (κ2) is 5.32. The minimum atomic E-state index is -0.451. The summed E-state index contributed by atoms with van der Waals surface area (Å²) >= 11 is 0. The maximum Gasteiger partial charge on any atom is 0.149 e. The Hall–Kier alpha value is -1.16. The number of nitrogens with one attached hydrogen (secondary N) is 1. The zero-order valence-electron chi connectivity index (χ0n) is 12.1. The van der Waals surface area contributed by atoms with Gasteiger partial charge in [0.25, 0.3) is 0 Å². The molecule has 1 N–H and O–H groups in total. The lowest BCUT2D eigenvalue weighted by atomic mass is 10.1. The number of halogens is 2. The van der Waals surface area contributed by atoms with Crippen molar-refractivity contribution in [3.63, 3.8) is 0 Å². The molecule has 0 radical (unpaired) electrons. The first-order valence-corrected chi connectivity index (χ1v) is 7.50. The van der Waals surface area contributed by atoms with Gasteiger partial charge in [-0.15, -0.1) is 0 Å². The number of anilines is 1. The maximum atomic E-state index is 14.2. The molecule has 4 heteroatoms. The quantitative estimate of drug-likeness (QED) is 0.858. The van der Waals surface area contributed by atoms with Gasteiger partial charge in [-0.3, -0.25) is 0 Å². The van der Waals surface area contributed by atoms with Crippen LogP contribution in [-0.4, -0.2) is 19.1 Å². The molecule has 2 aliphatic carbocycles. The van der Waals surface area contributed by atoms with Gasteiger partial charge in [0.1, 0.15) is 17.3 Å². The standard InChI is InChI=1S/C16H22F2N2/c1-10(12-3-4-12)20(2)16-14(17)7-11(8-15(16)18)9-19-13-5-6-13/h7-8,10,12-13,19H,3-6,9H2,1-2H3. The normalized spacial score (nSPS) is 20.0. The zero-order chi connectivity index (χ0) is 14.3. The third kappa shape index (κ3) is 2.95. The summed E-state index contributed by atoms with van der Waals surface area (Å²) < 4.78 is 28.5. The summed E-state index contributed by atoms with van der Waals surface area (Å²) in [5.74, 6) is -0.324. The number of nitrogens with zero attached hydrogens (tertiary/aromatic N) is 1. The molecule has 0 amide bonds. The van der Waals surface area contributed by atoms with Crippen molar-refractivity contribution in [2.75, 3.05) is 11.9 Å². The van der Waals surface area contributed by atoms with Crippen molar-refractivity contribution in [2.45, 2.75) is 51.2 Å². The van der Waals surface area contributed by atoms with Crippen LogP contribution in [0.2, 0.25) is 0 Å². The summed E-state index contributed by atoms with van der Waals surface area (Å²) in [4.78, 5) is 1.75. The van der Waals surface area contributed by atoms with E-state index >= 15 is 0 Å². The second-order valence-electron chi connectivity index (χ2n) is 6.25. The Morgan fingerprint density at radius 3 is 2.30 bits per heavy atom. The number of benzene rings is 1. The summed E-state index contributed by atoms with van der Waals surface area (Å²) in [5, 5.41) is 3.28. The van der Waals surface area contributed by atoms with E-state index in [1.54, 1.807) is 11.9 Å². The van der Waals surface area contributed by atoms with Gasteiger partial charge < -0.3 is 10.2 Å². The molecule has 1 unspecified atom stereocenters. The summed E-state index contributed by atoms with van der Waals surface area (Å²) in [7, 11) is 1.78.